The fraction of sp³-hybridized carbons (Fsp3) is 0.300. The molecule has 0 aliphatic rings. The molecule has 0 aliphatic carbocycles. The zero-order chi connectivity index (χ0) is 11.6. The van der Waals surface area contributed by atoms with E-state index < -0.39 is 12.0 Å². The van der Waals surface area contributed by atoms with E-state index in [0.29, 0.717) is 11.1 Å². The highest BCUT2D eigenvalue weighted by Gasteiger charge is 2.15. The van der Waals surface area contributed by atoms with Crippen LogP contribution in [0.2, 0.25) is 0 Å². The molecule has 5 nitrogen and oxygen atoms in total. The third-order valence-electron chi connectivity index (χ3n) is 2.28. The molecular weight excluding hydrogens is 198 g/mol. The molecule has 0 bridgehead atoms. The molecule has 0 saturated heterocycles. The molecular formula is C10H13NO4. The maximum absolute atomic E-state index is 10.5. The van der Waals surface area contributed by atoms with Gasteiger partial charge in [-0.15, -0.1) is 0 Å². The van der Waals surface area contributed by atoms with E-state index in [1.165, 1.54) is 6.07 Å². The van der Waals surface area contributed by atoms with Gasteiger partial charge in [0.05, 0.1) is 0 Å². The van der Waals surface area contributed by atoms with Gasteiger partial charge >= 0.3 is 5.97 Å². The predicted octanol–water partition coefficient (Wildman–Crippen LogP) is 0.361. The third-order valence-corrected chi connectivity index (χ3v) is 2.28. The predicted molar refractivity (Wildman–Crippen MR) is 53.8 cm³/mol. The monoisotopic (exact) mass is 211 g/mol. The Morgan fingerprint density at radius 2 is 2.07 bits per heavy atom. The number of aliphatic carboxylic acids is 1. The lowest BCUT2D eigenvalue weighted by molar-refractivity contribution is -0.138. The molecule has 0 aromatic heterocycles. The molecule has 1 rings (SSSR count). The summed E-state index contributed by atoms with van der Waals surface area (Å²) >= 11 is 0. The lowest BCUT2D eigenvalue weighted by Gasteiger charge is -2.11. The van der Waals surface area contributed by atoms with Crippen molar-refractivity contribution in [2.45, 2.75) is 19.4 Å². The Morgan fingerprint density at radius 1 is 1.47 bits per heavy atom. The van der Waals surface area contributed by atoms with Gasteiger partial charge in [-0.3, -0.25) is 4.79 Å². The van der Waals surface area contributed by atoms with Crippen molar-refractivity contribution in [1.82, 2.24) is 0 Å². The number of phenolic OH excluding ortho intramolecular Hbond substituents is 2. The number of carboxylic acids is 1. The van der Waals surface area contributed by atoms with E-state index in [0.717, 1.165) is 0 Å². The minimum Gasteiger partial charge on any atom is -0.504 e. The molecule has 82 valence electrons. The van der Waals surface area contributed by atoms with Gasteiger partial charge in [-0.25, -0.2) is 0 Å². The van der Waals surface area contributed by atoms with Crippen LogP contribution in [0.25, 0.3) is 0 Å². The first-order valence-corrected chi connectivity index (χ1v) is 4.42. The van der Waals surface area contributed by atoms with Gasteiger partial charge in [-0.05, 0) is 30.5 Å². The maximum Gasteiger partial charge on any atom is 0.320 e. The van der Waals surface area contributed by atoms with Crippen LogP contribution in [0.15, 0.2) is 12.1 Å². The van der Waals surface area contributed by atoms with Crippen LogP contribution in [-0.4, -0.2) is 27.3 Å². The number of carbonyl (C=O) groups is 1. The summed E-state index contributed by atoms with van der Waals surface area (Å²) in [6.45, 7) is 1.60. The first-order chi connectivity index (χ1) is 6.93. The Morgan fingerprint density at radius 3 is 2.60 bits per heavy atom. The van der Waals surface area contributed by atoms with Gasteiger partial charge in [0, 0.05) is 0 Å². The third kappa shape index (κ3) is 2.38. The smallest absolute Gasteiger partial charge is 0.320 e. The van der Waals surface area contributed by atoms with Crippen molar-refractivity contribution in [3.63, 3.8) is 0 Å². The molecule has 0 amide bonds. The van der Waals surface area contributed by atoms with Crippen molar-refractivity contribution < 1.29 is 20.1 Å². The summed E-state index contributed by atoms with van der Waals surface area (Å²) in [5.41, 5.74) is 6.42. The fourth-order valence-electron chi connectivity index (χ4n) is 1.27. The second kappa shape index (κ2) is 4.18. The summed E-state index contributed by atoms with van der Waals surface area (Å²) in [6.07, 6.45) is 0.120. The van der Waals surface area contributed by atoms with E-state index >= 15 is 0 Å². The van der Waals surface area contributed by atoms with Crippen LogP contribution in [0.4, 0.5) is 0 Å². The summed E-state index contributed by atoms with van der Waals surface area (Å²) in [6, 6.07) is 1.85. The molecule has 15 heavy (non-hydrogen) atoms. The zero-order valence-corrected chi connectivity index (χ0v) is 8.27. The molecule has 0 aliphatic heterocycles. The number of rotatable bonds is 3. The normalized spacial score (nSPS) is 12.4. The Bertz CT molecular complexity index is 389. The number of hydrogen-bond acceptors (Lipinski definition) is 4. The highest BCUT2D eigenvalue weighted by Crippen LogP contribution is 2.30. The van der Waals surface area contributed by atoms with E-state index in [9.17, 15) is 15.0 Å². The molecule has 0 unspecified atom stereocenters. The summed E-state index contributed by atoms with van der Waals surface area (Å²) in [7, 11) is 0. The van der Waals surface area contributed by atoms with Gasteiger partial charge in [0.25, 0.3) is 0 Å². The first-order valence-electron chi connectivity index (χ1n) is 4.42. The average molecular weight is 211 g/mol. The summed E-state index contributed by atoms with van der Waals surface area (Å²) in [5.74, 6) is -1.55. The second-order valence-corrected chi connectivity index (χ2v) is 3.37. The molecule has 5 N–H and O–H groups in total. The topological polar surface area (TPSA) is 104 Å². The number of benzene rings is 1. The fourth-order valence-corrected chi connectivity index (χ4v) is 1.27. The minimum atomic E-state index is -1.10. The standard InChI is InChI=1S/C10H13NO4/c1-5-6(4-7(11)10(14)15)2-3-8(12)9(5)13/h2-3,7,12-13H,4,11H2,1H3,(H,14,15)/t7-/m1/s1. The Labute approximate surface area is 86.8 Å². The molecule has 5 heteroatoms. The van der Waals surface area contributed by atoms with Crippen molar-refractivity contribution in [3.05, 3.63) is 23.3 Å². The largest absolute Gasteiger partial charge is 0.504 e. The summed E-state index contributed by atoms with van der Waals surface area (Å²) in [5, 5.41) is 27.2. The van der Waals surface area contributed by atoms with E-state index in [-0.39, 0.29) is 17.9 Å². The van der Waals surface area contributed by atoms with Crippen molar-refractivity contribution in [1.29, 1.82) is 0 Å². The van der Waals surface area contributed by atoms with Crippen LogP contribution < -0.4 is 5.73 Å². The minimum absolute atomic E-state index is 0.120. The van der Waals surface area contributed by atoms with Crippen LogP contribution in [0.1, 0.15) is 11.1 Å². The Hall–Kier alpha value is -1.75. The highest BCUT2D eigenvalue weighted by atomic mass is 16.4. The van der Waals surface area contributed by atoms with Gasteiger partial charge in [-0.2, -0.15) is 0 Å². The van der Waals surface area contributed by atoms with Crippen molar-refractivity contribution >= 4 is 5.97 Å². The zero-order valence-electron chi connectivity index (χ0n) is 8.27. The Balaban J connectivity index is 2.97. The highest BCUT2D eigenvalue weighted by molar-refractivity contribution is 5.73. The molecule has 1 atom stereocenters. The maximum atomic E-state index is 10.5. The van der Waals surface area contributed by atoms with Gasteiger partial charge in [0.1, 0.15) is 6.04 Å². The molecule has 1 aromatic carbocycles. The molecule has 0 heterocycles. The molecule has 1 aromatic rings. The number of aromatic hydroxyl groups is 2. The van der Waals surface area contributed by atoms with Crippen LogP contribution in [-0.2, 0) is 11.2 Å². The van der Waals surface area contributed by atoms with E-state index in [1.807, 2.05) is 0 Å². The van der Waals surface area contributed by atoms with Gasteiger partial charge in [0.15, 0.2) is 11.5 Å². The Kier molecular flexibility index (Phi) is 3.16. The van der Waals surface area contributed by atoms with E-state index in [4.69, 9.17) is 10.8 Å². The van der Waals surface area contributed by atoms with Crippen LogP contribution >= 0.6 is 0 Å². The van der Waals surface area contributed by atoms with Crippen molar-refractivity contribution in [2.75, 3.05) is 0 Å². The molecule has 0 saturated carbocycles. The van der Waals surface area contributed by atoms with E-state index in [2.05, 4.69) is 0 Å². The molecule has 0 spiro atoms. The number of carboxylic acid groups (broad SMARTS) is 1. The van der Waals surface area contributed by atoms with Gasteiger partial charge < -0.3 is 21.1 Å². The lowest BCUT2D eigenvalue weighted by atomic mass is 10.0. The number of nitrogens with two attached hydrogens (primary N) is 1. The van der Waals surface area contributed by atoms with Crippen LogP contribution in [0, 0.1) is 6.92 Å². The summed E-state index contributed by atoms with van der Waals surface area (Å²) in [4.78, 5) is 10.5. The number of phenols is 2. The SMILES string of the molecule is Cc1c(C[C@@H](N)C(=O)O)ccc(O)c1O. The second-order valence-electron chi connectivity index (χ2n) is 3.37. The molecule has 0 fully saturated rings. The van der Waals surface area contributed by atoms with Crippen molar-refractivity contribution in [2.24, 2.45) is 5.73 Å². The van der Waals surface area contributed by atoms with Gasteiger partial charge in [0.2, 0.25) is 0 Å². The quantitative estimate of drug-likeness (QED) is 0.540. The van der Waals surface area contributed by atoms with Crippen LogP contribution in [0.3, 0.4) is 0 Å². The lowest BCUT2D eigenvalue weighted by Crippen LogP contribution is -2.32. The van der Waals surface area contributed by atoms with E-state index in [1.54, 1.807) is 13.0 Å². The first kappa shape index (κ1) is 11.3. The van der Waals surface area contributed by atoms with Crippen molar-refractivity contribution in [3.8, 4) is 11.5 Å². The number of hydrogen-bond donors (Lipinski definition) is 4. The van der Waals surface area contributed by atoms with Gasteiger partial charge in [-0.1, -0.05) is 6.07 Å². The average Bonchev–Trinajstić information content (AvgIpc) is 2.18. The molecule has 0 radical (unpaired) electrons. The summed E-state index contributed by atoms with van der Waals surface area (Å²) < 4.78 is 0. The van der Waals surface area contributed by atoms with Crippen LogP contribution in [0.5, 0.6) is 11.5 Å².